The maximum absolute atomic E-state index is 6.06. The molecule has 0 radical (unpaired) electrons. The molecule has 0 aliphatic heterocycles. The van der Waals surface area contributed by atoms with E-state index in [1.54, 1.807) is 0 Å². The normalized spacial score (nSPS) is 11.3. The minimum absolute atomic E-state index is 1.01. The molecule has 0 bridgehead atoms. The number of fused-ring (bicyclic) bond motifs is 1. The predicted octanol–water partition coefficient (Wildman–Crippen LogP) is 5.96. The van der Waals surface area contributed by atoms with Crippen LogP contribution in [-0.4, -0.2) is 5.75 Å². The molecule has 0 amide bonds. The van der Waals surface area contributed by atoms with E-state index in [0.29, 0.717) is 0 Å². The molecule has 0 aliphatic rings. The van der Waals surface area contributed by atoms with Gasteiger partial charge in [0.15, 0.2) is 5.09 Å². The summed E-state index contributed by atoms with van der Waals surface area (Å²) in [6, 6.07) is 4.24. The van der Waals surface area contributed by atoms with E-state index >= 15 is 0 Å². The zero-order valence-electron chi connectivity index (χ0n) is 11.2. The van der Waals surface area contributed by atoms with Crippen molar-refractivity contribution < 1.29 is 4.42 Å². The van der Waals surface area contributed by atoms with Crippen LogP contribution in [0.25, 0.3) is 11.0 Å². The number of rotatable bonds is 5. The first-order valence-corrected chi connectivity index (χ1v) is 8.30. The first-order valence-electron chi connectivity index (χ1n) is 6.52. The lowest BCUT2D eigenvalue weighted by atomic mass is 10.0. The SMILES string of the molecule is CCCCc1c(SCC)oc2c(Br)ccc(C)c12. The Hall–Kier alpha value is -0.410. The van der Waals surface area contributed by atoms with Crippen LogP contribution in [0.5, 0.6) is 0 Å². The van der Waals surface area contributed by atoms with Gasteiger partial charge in [0.25, 0.3) is 0 Å². The van der Waals surface area contributed by atoms with Crippen molar-refractivity contribution in [1.82, 2.24) is 0 Å². The maximum Gasteiger partial charge on any atom is 0.164 e. The quantitative estimate of drug-likeness (QED) is 0.629. The summed E-state index contributed by atoms with van der Waals surface area (Å²) in [6.07, 6.45) is 3.55. The zero-order valence-corrected chi connectivity index (χ0v) is 13.6. The van der Waals surface area contributed by atoms with E-state index in [2.05, 4.69) is 48.8 Å². The van der Waals surface area contributed by atoms with Crippen LogP contribution in [0.2, 0.25) is 0 Å². The van der Waals surface area contributed by atoms with E-state index in [-0.39, 0.29) is 0 Å². The fourth-order valence-electron chi connectivity index (χ4n) is 2.22. The van der Waals surface area contributed by atoms with Crippen LogP contribution in [0.3, 0.4) is 0 Å². The minimum atomic E-state index is 1.01. The van der Waals surface area contributed by atoms with Gasteiger partial charge < -0.3 is 4.42 Å². The fourth-order valence-corrected chi connectivity index (χ4v) is 3.41. The molecule has 0 fully saturated rings. The number of furan rings is 1. The van der Waals surface area contributed by atoms with Crippen molar-refractivity contribution in [2.45, 2.75) is 45.1 Å². The maximum atomic E-state index is 6.06. The average Bonchev–Trinajstić information content (AvgIpc) is 2.72. The Kier molecular flexibility index (Phi) is 4.79. The van der Waals surface area contributed by atoms with Crippen molar-refractivity contribution in [2.75, 3.05) is 5.75 Å². The topological polar surface area (TPSA) is 13.1 Å². The van der Waals surface area contributed by atoms with Crippen molar-refractivity contribution in [2.24, 2.45) is 0 Å². The summed E-state index contributed by atoms with van der Waals surface area (Å²) in [4.78, 5) is 0. The summed E-state index contributed by atoms with van der Waals surface area (Å²) < 4.78 is 7.12. The predicted molar refractivity (Wildman–Crippen MR) is 83.7 cm³/mol. The molecule has 0 saturated carbocycles. The van der Waals surface area contributed by atoms with Gasteiger partial charge in [-0.3, -0.25) is 0 Å². The van der Waals surface area contributed by atoms with Gasteiger partial charge in [-0.2, -0.15) is 0 Å². The van der Waals surface area contributed by atoms with E-state index in [1.807, 2.05) is 11.8 Å². The number of hydrogen-bond donors (Lipinski definition) is 0. The number of benzene rings is 1. The van der Waals surface area contributed by atoms with Crippen molar-refractivity contribution in [1.29, 1.82) is 0 Å². The third-order valence-corrected chi connectivity index (χ3v) is 4.62. The molecule has 0 atom stereocenters. The Bertz CT molecular complexity index is 545. The molecular formula is C15H19BrOS. The molecule has 1 nitrogen and oxygen atoms in total. The summed E-state index contributed by atoms with van der Waals surface area (Å²) in [7, 11) is 0. The number of halogens is 1. The average molecular weight is 327 g/mol. The second-order valence-corrected chi connectivity index (χ2v) is 6.56. The van der Waals surface area contributed by atoms with Crippen LogP contribution in [0.15, 0.2) is 26.1 Å². The van der Waals surface area contributed by atoms with Crippen LogP contribution in [0.4, 0.5) is 0 Å². The highest BCUT2D eigenvalue weighted by Crippen LogP contribution is 2.39. The number of hydrogen-bond acceptors (Lipinski definition) is 2. The van der Waals surface area contributed by atoms with Crippen LogP contribution >= 0.6 is 27.7 Å². The van der Waals surface area contributed by atoms with E-state index in [9.17, 15) is 0 Å². The van der Waals surface area contributed by atoms with Gasteiger partial charge in [0, 0.05) is 10.9 Å². The molecule has 3 heteroatoms. The van der Waals surface area contributed by atoms with Gasteiger partial charge in [-0.1, -0.05) is 38.1 Å². The highest BCUT2D eigenvalue weighted by atomic mass is 79.9. The lowest BCUT2D eigenvalue weighted by Crippen LogP contribution is -1.87. The van der Waals surface area contributed by atoms with Crippen molar-refractivity contribution in [3.8, 4) is 0 Å². The number of unbranched alkanes of at least 4 members (excludes halogenated alkanes) is 1. The molecule has 1 heterocycles. The second-order valence-electron chi connectivity index (χ2n) is 4.47. The number of aryl methyl sites for hydroxylation is 2. The van der Waals surface area contributed by atoms with Crippen LogP contribution in [0.1, 0.15) is 37.8 Å². The lowest BCUT2D eigenvalue weighted by molar-refractivity contribution is 0.503. The standard InChI is InChI=1S/C15H19BrOS/c1-4-6-7-11-13-10(3)8-9-12(16)14(13)17-15(11)18-5-2/h8-9H,4-7H2,1-3H3. The molecule has 2 rings (SSSR count). The molecule has 0 spiro atoms. The van der Waals surface area contributed by atoms with E-state index in [1.165, 1.54) is 29.4 Å². The van der Waals surface area contributed by atoms with E-state index in [4.69, 9.17) is 4.42 Å². The van der Waals surface area contributed by atoms with Crippen molar-refractivity contribution in [3.63, 3.8) is 0 Å². The highest BCUT2D eigenvalue weighted by molar-refractivity contribution is 9.10. The Morgan fingerprint density at radius 2 is 2.06 bits per heavy atom. The number of thioether (sulfide) groups is 1. The molecule has 0 N–H and O–H groups in total. The molecule has 98 valence electrons. The van der Waals surface area contributed by atoms with Gasteiger partial charge in [0.1, 0.15) is 5.58 Å². The smallest absolute Gasteiger partial charge is 0.164 e. The Labute approximate surface area is 121 Å². The Morgan fingerprint density at radius 3 is 2.72 bits per heavy atom. The molecule has 18 heavy (non-hydrogen) atoms. The van der Waals surface area contributed by atoms with Gasteiger partial charge in [-0.25, -0.2) is 0 Å². The van der Waals surface area contributed by atoms with Gasteiger partial charge in [-0.05, 0) is 53.1 Å². The lowest BCUT2D eigenvalue weighted by Gasteiger charge is -2.02. The van der Waals surface area contributed by atoms with Crippen LogP contribution < -0.4 is 0 Å². The molecule has 0 unspecified atom stereocenters. The minimum Gasteiger partial charge on any atom is -0.448 e. The van der Waals surface area contributed by atoms with Gasteiger partial charge >= 0.3 is 0 Å². The third-order valence-electron chi connectivity index (χ3n) is 3.12. The monoisotopic (exact) mass is 326 g/mol. The summed E-state index contributed by atoms with van der Waals surface area (Å²) in [5.74, 6) is 1.05. The molecule has 2 aromatic rings. The Morgan fingerprint density at radius 1 is 1.28 bits per heavy atom. The molecular weight excluding hydrogens is 308 g/mol. The molecule has 1 aromatic carbocycles. The largest absolute Gasteiger partial charge is 0.448 e. The van der Waals surface area contributed by atoms with Gasteiger partial charge in [0.05, 0.1) is 4.47 Å². The highest BCUT2D eigenvalue weighted by Gasteiger charge is 2.17. The summed E-state index contributed by atoms with van der Waals surface area (Å²) in [6.45, 7) is 6.57. The second kappa shape index (κ2) is 6.16. The zero-order chi connectivity index (χ0) is 13.1. The fraction of sp³-hybridized carbons (Fsp3) is 0.467. The van der Waals surface area contributed by atoms with Crippen molar-refractivity contribution in [3.05, 3.63) is 27.7 Å². The van der Waals surface area contributed by atoms with Crippen LogP contribution in [0, 0.1) is 6.92 Å². The molecule has 1 aromatic heterocycles. The first-order chi connectivity index (χ1) is 8.69. The first kappa shape index (κ1) is 14.0. The van der Waals surface area contributed by atoms with E-state index < -0.39 is 0 Å². The Balaban J connectivity index is 2.60. The summed E-state index contributed by atoms with van der Waals surface area (Å²) in [5, 5.41) is 2.42. The molecule has 0 aliphatic carbocycles. The van der Waals surface area contributed by atoms with Gasteiger partial charge in [0.2, 0.25) is 0 Å². The van der Waals surface area contributed by atoms with E-state index in [0.717, 1.165) is 27.3 Å². The third kappa shape index (κ3) is 2.62. The summed E-state index contributed by atoms with van der Waals surface area (Å²) >= 11 is 5.40. The van der Waals surface area contributed by atoms with Gasteiger partial charge in [-0.15, -0.1) is 0 Å². The molecule has 0 saturated heterocycles. The van der Waals surface area contributed by atoms with Crippen LogP contribution in [-0.2, 0) is 6.42 Å². The van der Waals surface area contributed by atoms with Crippen molar-refractivity contribution >= 4 is 38.7 Å². The summed E-state index contributed by atoms with van der Waals surface area (Å²) in [5.41, 5.74) is 3.72.